The van der Waals surface area contributed by atoms with E-state index < -0.39 is 0 Å². The lowest BCUT2D eigenvalue weighted by molar-refractivity contribution is -0.127. The molecule has 0 bridgehead atoms. The van der Waals surface area contributed by atoms with E-state index in [2.05, 4.69) is 38.7 Å². The second-order valence-electron chi connectivity index (χ2n) is 8.13. The number of carbonyl (C=O) groups excluding carboxylic acids is 1. The molecule has 3 unspecified atom stereocenters. The Bertz CT molecular complexity index is 358. The van der Waals surface area contributed by atoms with Crippen LogP contribution < -0.4 is 5.32 Å². The van der Waals surface area contributed by atoms with E-state index in [9.17, 15) is 4.79 Å². The first-order valence-corrected chi connectivity index (χ1v) is 9.31. The zero-order valence-corrected chi connectivity index (χ0v) is 15.1. The van der Waals surface area contributed by atoms with Gasteiger partial charge in [0.2, 0.25) is 0 Å². The highest BCUT2D eigenvalue weighted by Gasteiger charge is 2.37. The highest BCUT2D eigenvalue weighted by atomic mass is 32.1. The van der Waals surface area contributed by atoms with E-state index in [-0.39, 0.29) is 22.7 Å². The number of carbonyl (C=O) groups is 1. The van der Waals surface area contributed by atoms with Crippen molar-refractivity contribution in [2.24, 2.45) is 17.8 Å². The molecule has 3 heteroatoms. The second-order valence-corrected chi connectivity index (χ2v) is 8.94. The molecule has 0 amide bonds. The van der Waals surface area contributed by atoms with Gasteiger partial charge in [-0.2, -0.15) is 12.6 Å². The Morgan fingerprint density at radius 1 is 1.19 bits per heavy atom. The summed E-state index contributed by atoms with van der Waals surface area (Å²) in [6.07, 6.45) is 9.03. The summed E-state index contributed by atoms with van der Waals surface area (Å²) < 4.78 is 0. The average Bonchev–Trinajstić information content (AvgIpc) is 2.28. The number of rotatable bonds is 8. The zero-order chi connectivity index (χ0) is 15.6. The van der Waals surface area contributed by atoms with Gasteiger partial charge in [-0.05, 0) is 44.9 Å². The van der Waals surface area contributed by atoms with Crippen LogP contribution in [0.2, 0.25) is 0 Å². The molecule has 2 saturated carbocycles. The van der Waals surface area contributed by atoms with Gasteiger partial charge in [-0.25, -0.2) is 0 Å². The van der Waals surface area contributed by atoms with Gasteiger partial charge in [0, 0.05) is 16.7 Å². The van der Waals surface area contributed by atoms with Crippen LogP contribution in [-0.2, 0) is 4.79 Å². The summed E-state index contributed by atoms with van der Waals surface area (Å²) in [6.45, 7) is 8.66. The quantitative estimate of drug-likeness (QED) is 0.657. The van der Waals surface area contributed by atoms with Crippen LogP contribution in [0.25, 0.3) is 0 Å². The molecule has 0 heterocycles. The highest BCUT2D eigenvalue weighted by Crippen LogP contribution is 2.36. The maximum Gasteiger partial charge on any atom is 0.153 e. The smallest absolute Gasteiger partial charge is 0.153 e. The largest absolute Gasteiger partial charge is 0.302 e. The number of hydrogen-bond acceptors (Lipinski definition) is 3. The standard InChI is InChI=1S/C18H33NOS/c1-12(15-9-6-10-15)17(20)16(13(2)21)19-18(3,4)11-14-7-5-8-14/h12-16,19,21H,5-11H2,1-4H3. The molecule has 2 nitrogen and oxygen atoms in total. The Morgan fingerprint density at radius 3 is 2.14 bits per heavy atom. The van der Waals surface area contributed by atoms with Crippen LogP contribution in [0, 0.1) is 17.8 Å². The minimum Gasteiger partial charge on any atom is -0.302 e. The summed E-state index contributed by atoms with van der Waals surface area (Å²) in [5, 5.41) is 3.72. The molecule has 2 rings (SSSR count). The predicted molar refractivity (Wildman–Crippen MR) is 92.9 cm³/mol. The molecule has 0 aromatic heterocycles. The maximum atomic E-state index is 12.9. The first kappa shape index (κ1) is 17.3. The van der Waals surface area contributed by atoms with E-state index in [1.807, 2.05) is 6.92 Å². The van der Waals surface area contributed by atoms with Gasteiger partial charge in [-0.3, -0.25) is 4.79 Å². The maximum absolute atomic E-state index is 12.9. The Balaban J connectivity index is 1.94. The van der Waals surface area contributed by atoms with Gasteiger partial charge in [0.15, 0.2) is 5.78 Å². The van der Waals surface area contributed by atoms with Gasteiger partial charge >= 0.3 is 0 Å². The molecule has 0 aromatic rings. The van der Waals surface area contributed by atoms with Gasteiger partial charge in [-0.15, -0.1) is 0 Å². The summed E-state index contributed by atoms with van der Waals surface area (Å²) in [7, 11) is 0. The van der Waals surface area contributed by atoms with E-state index in [0.717, 1.165) is 5.92 Å². The molecular weight excluding hydrogens is 278 g/mol. The van der Waals surface area contributed by atoms with Crippen molar-refractivity contribution >= 4 is 18.4 Å². The van der Waals surface area contributed by atoms with Crippen molar-refractivity contribution in [3.05, 3.63) is 0 Å². The fourth-order valence-electron chi connectivity index (χ4n) is 3.78. The number of ketones is 1. The minimum atomic E-state index is -0.112. The lowest BCUT2D eigenvalue weighted by Crippen LogP contribution is -2.55. The van der Waals surface area contributed by atoms with Gasteiger partial charge in [0.1, 0.15) is 0 Å². The van der Waals surface area contributed by atoms with Gasteiger partial charge in [0.05, 0.1) is 6.04 Å². The van der Waals surface area contributed by atoms with Gasteiger partial charge in [0.25, 0.3) is 0 Å². The van der Waals surface area contributed by atoms with Crippen LogP contribution in [-0.4, -0.2) is 22.6 Å². The molecule has 2 aliphatic rings. The minimum absolute atomic E-state index is 0.0295. The Labute approximate surface area is 136 Å². The molecular formula is C18H33NOS. The molecule has 122 valence electrons. The topological polar surface area (TPSA) is 29.1 Å². The monoisotopic (exact) mass is 311 g/mol. The SMILES string of the molecule is CC(S)C(NC(C)(C)CC1CCC1)C(=O)C(C)C1CCC1. The van der Waals surface area contributed by atoms with Gasteiger partial charge < -0.3 is 5.32 Å². The summed E-state index contributed by atoms with van der Waals surface area (Å²) in [4.78, 5) is 12.9. The summed E-state index contributed by atoms with van der Waals surface area (Å²) in [5.74, 6) is 2.03. The third-order valence-electron chi connectivity index (χ3n) is 5.66. The molecule has 0 saturated heterocycles. The van der Waals surface area contributed by atoms with Crippen molar-refractivity contribution in [1.29, 1.82) is 0 Å². The first-order valence-electron chi connectivity index (χ1n) is 8.79. The van der Waals surface area contributed by atoms with Crippen molar-refractivity contribution in [3.63, 3.8) is 0 Å². The fourth-order valence-corrected chi connectivity index (χ4v) is 4.00. The number of nitrogens with one attached hydrogen (secondary N) is 1. The van der Waals surface area contributed by atoms with Crippen LogP contribution in [0.4, 0.5) is 0 Å². The number of Topliss-reactive ketones (excluding diaryl/α,β-unsaturated/α-hetero) is 1. The lowest BCUT2D eigenvalue weighted by Gasteiger charge is -2.40. The van der Waals surface area contributed by atoms with E-state index >= 15 is 0 Å². The first-order chi connectivity index (χ1) is 9.80. The summed E-state index contributed by atoms with van der Waals surface area (Å²) in [5.41, 5.74) is 0.0295. The number of hydrogen-bond donors (Lipinski definition) is 2. The second kappa shape index (κ2) is 7.04. The fraction of sp³-hybridized carbons (Fsp3) is 0.944. The van der Waals surface area contributed by atoms with E-state index in [1.165, 1.54) is 44.9 Å². The molecule has 3 atom stereocenters. The van der Waals surface area contributed by atoms with Crippen LogP contribution in [0.15, 0.2) is 0 Å². The molecule has 0 aromatic carbocycles. The Hall–Kier alpha value is -0.0200. The Kier molecular flexibility index (Phi) is 5.81. The normalized spacial score (nSPS) is 24.8. The predicted octanol–water partition coefficient (Wildman–Crippen LogP) is 4.24. The lowest BCUT2D eigenvalue weighted by atomic mass is 9.73. The number of thiol groups is 1. The van der Waals surface area contributed by atoms with E-state index in [4.69, 9.17) is 0 Å². The highest BCUT2D eigenvalue weighted by molar-refractivity contribution is 7.81. The summed E-state index contributed by atoms with van der Waals surface area (Å²) >= 11 is 4.60. The van der Waals surface area contributed by atoms with E-state index in [1.54, 1.807) is 0 Å². The van der Waals surface area contributed by atoms with Crippen molar-refractivity contribution in [1.82, 2.24) is 5.32 Å². The molecule has 2 fully saturated rings. The average molecular weight is 312 g/mol. The third kappa shape index (κ3) is 4.48. The van der Waals surface area contributed by atoms with E-state index in [0.29, 0.717) is 11.7 Å². The van der Waals surface area contributed by atoms with Crippen molar-refractivity contribution in [2.45, 2.75) is 89.5 Å². The van der Waals surface area contributed by atoms with Crippen LogP contribution >= 0.6 is 12.6 Å². The molecule has 0 spiro atoms. The summed E-state index contributed by atoms with van der Waals surface area (Å²) in [6, 6.07) is -0.112. The zero-order valence-electron chi connectivity index (χ0n) is 14.2. The molecule has 0 aliphatic heterocycles. The molecule has 21 heavy (non-hydrogen) atoms. The third-order valence-corrected chi connectivity index (χ3v) is 5.96. The van der Waals surface area contributed by atoms with Crippen LogP contribution in [0.3, 0.4) is 0 Å². The van der Waals surface area contributed by atoms with Crippen molar-refractivity contribution < 1.29 is 4.79 Å². The van der Waals surface area contributed by atoms with Crippen molar-refractivity contribution in [3.8, 4) is 0 Å². The van der Waals surface area contributed by atoms with Crippen LogP contribution in [0.1, 0.15) is 72.6 Å². The van der Waals surface area contributed by atoms with Crippen LogP contribution in [0.5, 0.6) is 0 Å². The van der Waals surface area contributed by atoms with Gasteiger partial charge in [-0.1, -0.05) is 39.5 Å². The molecule has 0 radical (unpaired) electrons. The Morgan fingerprint density at radius 2 is 1.76 bits per heavy atom. The molecule has 1 N–H and O–H groups in total. The van der Waals surface area contributed by atoms with Crippen molar-refractivity contribution in [2.75, 3.05) is 0 Å². The molecule has 2 aliphatic carbocycles.